The Morgan fingerprint density at radius 2 is 1.96 bits per heavy atom. The van der Waals surface area contributed by atoms with Gasteiger partial charge in [0.15, 0.2) is 6.61 Å². The van der Waals surface area contributed by atoms with E-state index in [-0.39, 0.29) is 18.4 Å². The first kappa shape index (κ1) is 17.3. The Kier molecular flexibility index (Phi) is 4.95. The maximum absolute atomic E-state index is 12.4. The van der Waals surface area contributed by atoms with Crippen LogP contribution in [0.4, 0.5) is 11.4 Å². The van der Waals surface area contributed by atoms with E-state index in [2.05, 4.69) is 19.2 Å². The lowest BCUT2D eigenvalue weighted by Gasteiger charge is -2.31. The molecular weight excluding hydrogens is 340 g/mol. The van der Waals surface area contributed by atoms with Crippen molar-refractivity contribution in [3.8, 4) is 5.75 Å². The van der Waals surface area contributed by atoms with Crippen molar-refractivity contribution in [2.45, 2.75) is 13.8 Å². The molecule has 1 aliphatic heterocycles. The number of hydrogen-bond donors (Lipinski definition) is 1. The summed E-state index contributed by atoms with van der Waals surface area (Å²) in [6.07, 6.45) is 0. The maximum Gasteiger partial charge on any atom is 0.265 e. The fraction of sp³-hybridized carbons (Fsp3) is 0.263. The van der Waals surface area contributed by atoms with E-state index in [4.69, 9.17) is 16.3 Å². The number of fused-ring (bicyclic) bond motifs is 1. The average molecular weight is 359 g/mol. The van der Waals surface area contributed by atoms with Gasteiger partial charge in [-0.05, 0) is 48.4 Å². The molecule has 5 nitrogen and oxygen atoms in total. The highest BCUT2D eigenvalue weighted by atomic mass is 35.5. The van der Waals surface area contributed by atoms with E-state index < -0.39 is 0 Å². The molecule has 2 aromatic carbocycles. The lowest BCUT2D eigenvalue weighted by molar-refractivity contribution is -0.121. The average Bonchev–Trinajstić information content (AvgIpc) is 2.58. The highest BCUT2D eigenvalue weighted by Gasteiger charge is 2.26. The Morgan fingerprint density at radius 3 is 2.64 bits per heavy atom. The first-order valence-corrected chi connectivity index (χ1v) is 8.46. The highest BCUT2D eigenvalue weighted by molar-refractivity contribution is 6.30. The zero-order valence-corrected chi connectivity index (χ0v) is 14.8. The Morgan fingerprint density at radius 1 is 1.24 bits per heavy atom. The summed E-state index contributed by atoms with van der Waals surface area (Å²) in [6, 6.07) is 12.0. The number of carbonyl (C=O) groups excluding carboxylic acids is 2. The van der Waals surface area contributed by atoms with E-state index in [0.29, 0.717) is 40.2 Å². The Hall–Kier alpha value is -2.53. The number of nitrogens with one attached hydrogen (secondary N) is 1. The largest absolute Gasteiger partial charge is 0.482 e. The zero-order chi connectivity index (χ0) is 18.0. The molecule has 0 saturated carbocycles. The van der Waals surface area contributed by atoms with Gasteiger partial charge in [-0.15, -0.1) is 0 Å². The summed E-state index contributed by atoms with van der Waals surface area (Å²) in [5.74, 6) is 0.643. The Balaban J connectivity index is 1.84. The van der Waals surface area contributed by atoms with Gasteiger partial charge < -0.3 is 15.0 Å². The van der Waals surface area contributed by atoms with Gasteiger partial charge in [0, 0.05) is 22.8 Å². The summed E-state index contributed by atoms with van der Waals surface area (Å²) < 4.78 is 5.49. The van der Waals surface area contributed by atoms with Crippen LogP contribution < -0.4 is 15.0 Å². The van der Waals surface area contributed by atoms with E-state index in [0.717, 1.165) is 0 Å². The van der Waals surface area contributed by atoms with Crippen molar-refractivity contribution >= 4 is 34.8 Å². The molecular formula is C19H19ClN2O3. The summed E-state index contributed by atoms with van der Waals surface area (Å²) in [4.78, 5) is 26.2. The highest BCUT2D eigenvalue weighted by Crippen LogP contribution is 2.35. The number of halogens is 1. The Bertz CT molecular complexity index is 803. The van der Waals surface area contributed by atoms with Crippen molar-refractivity contribution in [3.05, 3.63) is 53.1 Å². The van der Waals surface area contributed by atoms with Gasteiger partial charge in [0.25, 0.3) is 11.8 Å². The SMILES string of the molecule is CC(C)CN1C(=O)COc2ccc(NC(=O)c3ccc(Cl)cc3)cc21. The minimum Gasteiger partial charge on any atom is -0.482 e. The smallest absolute Gasteiger partial charge is 0.265 e. The first-order valence-electron chi connectivity index (χ1n) is 8.08. The fourth-order valence-corrected chi connectivity index (χ4v) is 2.78. The van der Waals surface area contributed by atoms with Crippen LogP contribution in [0.5, 0.6) is 5.75 Å². The maximum atomic E-state index is 12.4. The third-order valence-electron chi connectivity index (χ3n) is 3.81. The van der Waals surface area contributed by atoms with Crippen molar-refractivity contribution in [2.24, 2.45) is 5.92 Å². The molecule has 0 spiro atoms. The van der Waals surface area contributed by atoms with Crippen molar-refractivity contribution in [1.29, 1.82) is 0 Å². The van der Waals surface area contributed by atoms with E-state index >= 15 is 0 Å². The topological polar surface area (TPSA) is 58.6 Å². The lowest BCUT2D eigenvalue weighted by Crippen LogP contribution is -2.41. The van der Waals surface area contributed by atoms with Gasteiger partial charge in [-0.1, -0.05) is 25.4 Å². The molecule has 0 aromatic heterocycles. The summed E-state index contributed by atoms with van der Waals surface area (Å²) in [6.45, 7) is 4.74. The molecule has 0 atom stereocenters. The Labute approximate surface area is 151 Å². The molecule has 0 unspecified atom stereocenters. The van der Waals surface area contributed by atoms with E-state index in [9.17, 15) is 9.59 Å². The molecule has 0 bridgehead atoms. The molecule has 130 valence electrons. The van der Waals surface area contributed by atoms with Crippen LogP contribution >= 0.6 is 11.6 Å². The number of carbonyl (C=O) groups is 2. The van der Waals surface area contributed by atoms with Crippen LogP contribution in [-0.4, -0.2) is 25.0 Å². The van der Waals surface area contributed by atoms with Gasteiger partial charge in [-0.25, -0.2) is 0 Å². The third kappa shape index (κ3) is 3.94. The van der Waals surface area contributed by atoms with Crippen molar-refractivity contribution < 1.29 is 14.3 Å². The summed E-state index contributed by atoms with van der Waals surface area (Å²) in [5, 5.41) is 3.42. The second-order valence-corrected chi connectivity index (χ2v) is 6.77. The predicted molar refractivity (Wildman–Crippen MR) is 98.5 cm³/mol. The van der Waals surface area contributed by atoms with Crippen molar-refractivity contribution in [2.75, 3.05) is 23.4 Å². The second kappa shape index (κ2) is 7.15. The molecule has 1 aliphatic rings. The molecule has 0 fully saturated rings. The van der Waals surface area contributed by atoms with Crippen molar-refractivity contribution in [1.82, 2.24) is 0 Å². The number of amides is 2. The number of rotatable bonds is 4. The van der Waals surface area contributed by atoms with Crippen LogP contribution in [0.2, 0.25) is 5.02 Å². The second-order valence-electron chi connectivity index (χ2n) is 6.33. The molecule has 6 heteroatoms. The fourth-order valence-electron chi connectivity index (χ4n) is 2.65. The minimum atomic E-state index is -0.241. The van der Waals surface area contributed by atoms with Gasteiger partial charge in [0.1, 0.15) is 5.75 Å². The van der Waals surface area contributed by atoms with Crippen LogP contribution in [-0.2, 0) is 4.79 Å². The molecule has 25 heavy (non-hydrogen) atoms. The predicted octanol–water partition coefficient (Wildman–Crippen LogP) is 3.97. The van der Waals surface area contributed by atoms with Crippen LogP contribution in [0.15, 0.2) is 42.5 Å². The number of anilines is 2. The number of nitrogens with zero attached hydrogens (tertiary/aromatic N) is 1. The zero-order valence-electron chi connectivity index (χ0n) is 14.1. The third-order valence-corrected chi connectivity index (χ3v) is 4.07. The van der Waals surface area contributed by atoms with Gasteiger partial charge in [-0.3, -0.25) is 9.59 Å². The molecule has 1 heterocycles. The minimum absolute atomic E-state index is 0.0379. The van der Waals surface area contributed by atoms with Crippen molar-refractivity contribution in [3.63, 3.8) is 0 Å². The van der Waals surface area contributed by atoms with Crippen LogP contribution in [0, 0.1) is 5.92 Å². The first-order chi connectivity index (χ1) is 11.9. The van der Waals surface area contributed by atoms with Crippen LogP contribution in [0.25, 0.3) is 0 Å². The van der Waals surface area contributed by atoms with Crippen LogP contribution in [0.1, 0.15) is 24.2 Å². The molecule has 2 amide bonds. The number of ether oxygens (including phenoxy) is 1. The molecule has 0 aliphatic carbocycles. The molecule has 0 saturated heterocycles. The molecule has 2 aromatic rings. The van der Waals surface area contributed by atoms with Gasteiger partial charge in [0.05, 0.1) is 5.69 Å². The molecule has 3 rings (SSSR count). The monoisotopic (exact) mass is 358 g/mol. The van der Waals surface area contributed by atoms with Gasteiger partial charge in [-0.2, -0.15) is 0 Å². The summed E-state index contributed by atoms with van der Waals surface area (Å²) >= 11 is 5.84. The summed E-state index contributed by atoms with van der Waals surface area (Å²) in [5.41, 5.74) is 1.79. The van der Waals surface area contributed by atoms with Crippen LogP contribution in [0.3, 0.4) is 0 Å². The normalized spacial score (nSPS) is 13.4. The van der Waals surface area contributed by atoms with Gasteiger partial charge in [0.2, 0.25) is 0 Å². The van der Waals surface area contributed by atoms with E-state index in [1.807, 2.05) is 0 Å². The molecule has 0 radical (unpaired) electrons. The van der Waals surface area contributed by atoms with E-state index in [1.165, 1.54) is 0 Å². The quantitative estimate of drug-likeness (QED) is 0.899. The molecule has 1 N–H and O–H groups in total. The lowest BCUT2D eigenvalue weighted by atomic mass is 10.1. The number of benzene rings is 2. The van der Waals surface area contributed by atoms with Gasteiger partial charge >= 0.3 is 0 Å². The number of hydrogen-bond acceptors (Lipinski definition) is 3. The standard InChI is InChI=1S/C19H19ClN2O3/c1-12(2)10-22-16-9-15(7-8-17(16)25-11-18(22)23)21-19(24)13-3-5-14(20)6-4-13/h3-9,12H,10-11H2,1-2H3,(H,21,24). The van der Waals surface area contributed by atoms with E-state index in [1.54, 1.807) is 47.4 Å². The summed E-state index contributed by atoms with van der Waals surface area (Å²) in [7, 11) is 0.